The summed E-state index contributed by atoms with van der Waals surface area (Å²) in [5, 5.41) is 0. The highest BCUT2D eigenvalue weighted by atomic mass is 19.4. The van der Waals surface area contributed by atoms with E-state index in [1.807, 2.05) is 0 Å². The van der Waals surface area contributed by atoms with E-state index in [1.165, 1.54) is 0 Å². The first-order chi connectivity index (χ1) is 5.08. The molecule has 0 spiro atoms. The molecule has 1 N–H and O–H groups in total. The zero-order chi connectivity index (χ0) is 8.32. The highest BCUT2D eigenvalue weighted by molar-refractivity contribution is 5.03. The van der Waals surface area contributed by atoms with Gasteiger partial charge in [0.05, 0.1) is 0 Å². The maximum absolute atomic E-state index is 11.6. The first kappa shape index (κ1) is 8.17. The largest absolute Gasteiger partial charge is 0.389 e. The predicted octanol–water partition coefficient (Wildman–Crippen LogP) is 2.51. The third-order valence-corrected chi connectivity index (χ3v) is 1.34. The van der Waals surface area contributed by atoms with Crippen LogP contribution in [0.5, 0.6) is 0 Å². The second-order valence-electron chi connectivity index (χ2n) is 2.31. The van der Waals surface area contributed by atoms with Gasteiger partial charge in [0, 0.05) is 18.3 Å². The van der Waals surface area contributed by atoms with E-state index in [0.717, 1.165) is 0 Å². The van der Waals surface area contributed by atoms with E-state index in [4.69, 9.17) is 0 Å². The lowest BCUT2D eigenvalue weighted by Crippen LogP contribution is -2.08. The number of alkyl halides is 3. The fourth-order valence-corrected chi connectivity index (χ4v) is 0.799. The second kappa shape index (κ2) is 2.98. The molecule has 0 aromatic carbocycles. The zero-order valence-corrected chi connectivity index (χ0v) is 5.78. The fraction of sp³-hybridized carbons (Fsp3) is 0.429. The Hall–Kier alpha value is -0.930. The molecule has 1 nitrogen and oxygen atoms in total. The van der Waals surface area contributed by atoms with E-state index in [0.29, 0.717) is 5.69 Å². The molecule has 0 amide bonds. The molecule has 0 aliphatic carbocycles. The third-order valence-electron chi connectivity index (χ3n) is 1.34. The Morgan fingerprint density at radius 2 is 2.09 bits per heavy atom. The molecule has 1 heterocycles. The number of rotatable bonds is 2. The van der Waals surface area contributed by atoms with Crippen LogP contribution in [-0.4, -0.2) is 11.2 Å². The van der Waals surface area contributed by atoms with Crippen LogP contribution < -0.4 is 0 Å². The summed E-state index contributed by atoms with van der Waals surface area (Å²) in [5.41, 5.74) is 0.627. The highest BCUT2D eigenvalue weighted by Gasteiger charge is 2.26. The smallest absolute Gasteiger partial charge is 0.365 e. The minimum atomic E-state index is -4.05. The molecular formula is C7H8F3N. The molecule has 0 bridgehead atoms. The van der Waals surface area contributed by atoms with Gasteiger partial charge >= 0.3 is 6.18 Å². The number of hydrogen-bond acceptors (Lipinski definition) is 0. The molecule has 11 heavy (non-hydrogen) atoms. The Bertz CT molecular complexity index is 200. The first-order valence-electron chi connectivity index (χ1n) is 3.27. The number of nitrogens with one attached hydrogen (secondary N) is 1. The molecule has 1 aromatic heterocycles. The van der Waals surface area contributed by atoms with Gasteiger partial charge in [-0.15, -0.1) is 0 Å². The van der Waals surface area contributed by atoms with Crippen LogP contribution in [0.4, 0.5) is 13.2 Å². The summed E-state index contributed by atoms with van der Waals surface area (Å²) in [6.07, 6.45) is -3.15. The standard InChI is InChI=1S/C7H8F3N/c8-7(9,10)4-3-6-2-1-5-11-6/h1-2,5,11H,3-4H2. The molecule has 0 fully saturated rings. The molecule has 62 valence electrons. The summed E-state index contributed by atoms with van der Waals surface area (Å²) in [5.74, 6) is 0. The van der Waals surface area contributed by atoms with Crippen LogP contribution in [0.3, 0.4) is 0 Å². The van der Waals surface area contributed by atoms with Gasteiger partial charge in [-0.25, -0.2) is 0 Å². The van der Waals surface area contributed by atoms with Crippen LogP contribution in [0.25, 0.3) is 0 Å². The predicted molar refractivity (Wildman–Crippen MR) is 35.2 cm³/mol. The molecular weight excluding hydrogens is 155 g/mol. The van der Waals surface area contributed by atoms with E-state index < -0.39 is 12.6 Å². The van der Waals surface area contributed by atoms with Crippen molar-refractivity contribution in [1.29, 1.82) is 0 Å². The maximum atomic E-state index is 11.6. The van der Waals surface area contributed by atoms with Gasteiger partial charge in [-0.05, 0) is 18.6 Å². The van der Waals surface area contributed by atoms with E-state index in [-0.39, 0.29) is 6.42 Å². The van der Waals surface area contributed by atoms with Crippen LogP contribution in [-0.2, 0) is 6.42 Å². The lowest BCUT2D eigenvalue weighted by Gasteiger charge is -2.03. The van der Waals surface area contributed by atoms with Gasteiger partial charge in [-0.3, -0.25) is 0 Å². The molecule has 0 saturated carbocycles. The normalized spacial score (nSPS) is 11.9. The van der Waals surface area contributed by atoms with Gasteiger partial charge in [0.15, 0.2) is 0 Å². The summed E-state index contributed by atoms with van der Waals surface area (Å²) in [4.78, 5) is 2.71. The molecule has 1 aromatic rings. The zero-order valence-electron chi connectivity index (χ0n) is 5.78. The van der Waals surface area contributed by atoms with Crippen molar-refractivity contribution in [1.82, 2.24) is 4.98 Å². The first-order valence-corrected chi connectivity index (χ1v) is 3.27. The molecule has 0 saturated heterocycles. The van der Waals surface area contributed by atoms with Crippen molar-refractivity contribution in [2.75, 3.05) is 0 Å². The minimum absolute atomic E-state index is 0.0382. The second-order valence-corrected chi connectivity index (χ2v) is 2.31. The Kier molecular flexibility index (Phi) is 2.22. The van der Waals surface area contributed by atoms with E-state index in [1.54, 1.807) is 18.3 Å². The molecule has 0 aliphatic rings. The van der Waals surface area contributed by atoms with Gasteiger partial charge in [-0.1, -0.05) is 0 Å². The molecule has 1 rings (SSSR count). The van der Waals surface area contributed by atoms with Crippen LogP contribution in [0.2, 0.25) is 0 Å². The maximum Gasteiger partial charge on any atom is 0.389 e. The van der Waals surface area contributed by atoms with E-state index >= 15 is 0 Å². The van der Waals surface area contributed by atoms with Gasteiger partial charge < -0.3 is 4.98 Å². The molecule has 0 atom stereocenters. The van der Waals surface area contributed by atoms with Crippen molar-refractivity contribution in [3.63, 3.8) is 0 Å². The van der Waals surface area contributed by atoms with Crippen LogP contribution in [0, 0.1) is 0 Å². The van der Waals surface area contributed by atoms with Crippen molar-refractivity contribution in [2.45, 2.75) is 19.0 Å². The number of aryl methyl sites for hydroxylation is 1. The van der Waals surface area contributed by atoms with Crippen LogP contribution in [0.15, 0.2) is 18.3 Å². The van der Waals surface area contributed by atoms with Gasteiger partial charge in [0.2, 0.25) is 0 Å². The van der Waals surface area contributed by atoms with E-state index in [9.17, 15) is 13.2 Å². The summed E-state index contributed by atoms with van der Waals surface area (Å²) >= 11 is 0. The van der Waals surface area contributed by atoms with Crippen molar-refractivity contribution in [3.8, 4) is 0 Å². The lowest BCUT2D eigenvalue weighted by atomic mass is 10.2. The fourth-order valence-electron chi connectivity index (χ4n) is 0.799. The number of hydrogen-bond donors (Lipinski definition) is 1. The quantitative estimate of drug-likeness (QED) is 0.689. The van der Waals surface area contributed by atoms with Crippen molar-refractivity contribution in [2.24, 2.45) is 0 Å². The van der Waals surface area contributed by atoms with E-state index in [2.05, 4.69) is 4.98 Å². The molecule has 0 unspecified atom stereocenters. The molecule has 0 aliphatic heterocycles. The Morgan fingerprint density at radius 1 is 1.36 bits per heavy atom. The third kappa shape index (κ3) is 3.11. The monoisotopic (exact) mass is 163 g/mol. The summed E-state index contributed by atoms with van der Waals surface area (Å²) in [6, 6.07) is 3.33. The van der Waals surface area contributed by atoms with Crippen molar-refractivity contribution >= 4 is 0 Å². The SMILES string of the molecule is FC(F)(F)CCc1ccc[nH]1. The summed E-state index contributed by atoms with van der Waals surface area (Å²) in [6.45, 7) is 0. The average molecular weight is 163 g/mol. The topological polar surface area (TPSA) is 15.8 Å². The number of aromatic amines is 1. The summed E-state index contributed by atoms with van der Waals surface area (Å²) < 4.78 is 34.9. The number of halogens is 3. The Morgan fingerprint density at radius 3 is 2.55 bits per heavy atom. The summed E-state index contributed by atoms with van der Waals surface area (Å²) in [7, 11) is 0. The molecule has 0 radical (unpaired) electrons. The minimum Gasteiger partial charge on any atom is -0.365 e. The van der Waals surface area contributed by atoms with Crippen molar-refractivity contribution in [3.05, 3.63) is 24.0 Å². The van der Waals surface area contributed by atoms with Crippen LogP contribution >= 0.6 is 0 Å². The van der Waals surface area contributed by atoms with Gasteiger partial charge in [-0.2, -0.15) is 13.2 Å². The van der Waals surface area contributed by atoms with Crippen LogP contribution in [0.1, 0.15) is 12.1 Å². The lowest BCUT2D eigenvalue weighted by molar-refractivity contribution is -0.134. The average Bonchev–Trinajstić information content (AvgIpc) is 2.32. The van der Waals surface area contributed by atoms with Crippen molar-refractivity contribution < 1.29 is 13.2 Å². The van der Waals surface area contributed by atoms with Gasteiger partial charge in [0.1, 0.15) is 0 Å². The molecule has 4 heteroatoms. The number of H-pyrrole nitrogens is 1. The van der Waals surface area contributed by atoms with Gasteiger partial charge in [0.25, 0.3) is 0 Å². The number of aromatic nitrogens is 1. The Balaban J connectivity index is 2.35. The Labute approximate surface area is 62.2 Å². The highest BCUT2D eigenvalue weighted by Crippen LogP contribution is 2.21.